The van der Waals surface area contributed by atoms with Gasteiger partial charge in [0, 0.05) is 6.04 Å². The minimum Gasteiger partial charge on any atom is -0.476 e. The number of piperidine rings is 1. The van der Waals surface area contributed by atoms with Crippen molar-refractivity contribution in [3.05, 3.63) is 11.2 Å². The molecule has 1 fully saturated rings. The molecule has 0 atom stereocenters. The van der Waals surface area contributed by atoms with Gasteiger partial charge in [-0.15, -0.1) is 11.3 Å². The van der Waals surface area contributed by atoms with E-state index >= 15 is 0 Å². The first kappa shape index (κ1) is 11.3. The zero-order valence-corrected chi connectivity index (χ0v) is 9.96. The van der Waals surface area contributed by atoms with E-state index in [-0.39, 0.29) is 5.69 Å². The SMILES string of the molecule is CN1CCC(Nc2scnc2C(=O)O)CC1. The highest BCUT2D eigenvalue weighted by molar-refractivity contribution is 7.14. The normalized spacial score (nSPS) is 18.6. The summed E-state index contributed by atoms with van der Waals surface area (Å²) in [5, 5.41) is 12.9. The number of aromatic carboxylic acids is 1. The topological polar surface area (TPSA) is 65.5 Å². The van der Waals surface area contributed by atoms with Crippen LogP contribution in [0.25, 0.3) is 0 Å². The van der Waals surface area contributed by atoms with Crippen LogP contribution in [0.3, 0.4) is 0 Å². The molecule has 0 saturated carbocycles. The van der Waals surface area contributed by atoms with E-state index in [1.165, 1.54) is 11.3 Å². The fourth-order valence-electron chi connectivity index (χ4n) is 1.84. The molecular formula is C10H15N3O2S. The number of likely N-dealkylation sites (tertiary alicyclic amines) is 1. The van der Waals surface area contributed by atoms with Crippen molar-refractivity contribution < 1.29 is 9.90 Å². The number of rotatable bonds is 3. The Hall–Kier alpha value is -1.14. The number of carboxylic acids is 1. The molecule has 1 aromatic heterocycles. The van der Waals surface area contributed by atoms with Gasteiger partial charge in [0.1, 0.15) is 5.00 Å². The van der Waals surface area contributed by atoms with E-state index < -0.39 is 5.97 Å². The highest BCUT2D eigenvalue weighted by Crippen LogP contribution is 2.23. The zero-order valence-electron chi connectivity index (χ0n) is 9.14. The van der Waals surface area contributed by atoms with E-state index in [4.69, 9.17) is 5.11 Å². The van der Waals surface area contributed by atoms with Crippen molar-refractivity contribution in [1.82, 2.24) is 9.88 Å². The van der Waals surface area contributed by atoms with Crippen LogP contribution in [0.1, 0.15) is 23.3 Å². The minimum absolute atomic E-state index is 0.143. The van der Waals surface area contributed by atoms with Crippen molar-refractivity contribution in [1.29, 1.82) is 0 Å². The first-order valence-electron chi connectivity index (χ1n) is 5.28. The number of nitrogens with zero attached hydrogens (tertiary/aromatic N) is 2. The van der Waals surface area contributed by atoms with E-state index in [1.54, 1.807) is 5.51 Å². The molecule has 1 aromatic rings. The van der Waals surface area contributed by atoms with Crippen molar-refractivity contribution in [3.63, 3.8) is 0 Å². The molecule has 1 saturated heterocycles. The maximum absolute atomic E-state index is 10.9. The van der Waals surface area contributed by atoms with Gasteiger partial charge in [-0.05, 0) is 33.0 Å². The first-order valence-corrected chi connectivity index (χ1v) is 6.16. The number of hydrogen-bond donors (Lipinski definition) is 2. The third kappa shape index (κ3) is 2.51. The minimum atomic E-state index is -0.961. The van der Waals surface area contributed by atoms with Crippen LogP contribution in [0.15, 0.2) is 5.51 Å². The fourth-order valence-corrected chi connectivity index (χ4v) is 2.59. The fraction of sp³-hybridized carbons (Fsp3) is 0.600. The molecule has 2 rings (SSSR count). The monoisotopic (exact) mass is 241 g/mol. The molecule has 0 amide bonds. The summed E-state index contributed by atoms with van der Waals surface area (Å²) >= 11 is 1.36. The maximum Gasteiger partial charge on any atom is 0.357 e. The molecule has 0 unspecified atom stereocenters. The van der Waals surface area contributed by atoms with Crippen LogP contribution >= 0.6 is 11.3 Å². The van der Waals surface area contributed by atoms with E-state index in [0.29, 0.717) is 11.0 Å². The summed E-state index contributed by atoms with van der Waals surface area (Å²) in [4.78, 5) is 17.0. The van der Waals surface area contributed by atoms with Gasteiger partial charge in [0.05, 0.1) is 5.51 Å². The van der Waals surface area contributed by atoms with Crippen LogP contribution in [-0.2, 0) is 0 Å². The summed E-state index contributed by atoms with van der Waals surface area (Å²) in [6, 6.07) is 0.370. The third-order valence-corrected chi connectivity index (χ3v) is 3.58. The van der Waals surface area contributed by atoms with Gasteiger partial charge in [-0.25, -0.2) is 9.78 Å². The van der Waals surface area contributed by atoms with E-state index in [9.17, 15) is 4.79 Å². The van der Waals surface area contributed by atoms with Crippen LogP contribution in [0.2, 0.25) is 0 Å². The van der Waals surface area contributed by atoms with Crippen LogP contribution in [0, 0.1) is 0 Å². The molecule has 0 aliphatic carbocycles. The standard InChI is InChI=1S/C10H15N3O2S/c1-13-4-2-7(3-5-13)12-9-8(10(14)15)11-6-16-9/h6-7,12H,2-5H2,1H3,(H,14,15). The van der Waals surface area contributed by atoms with Crippen molar-refractivity contribution in [2.45, 2.75) is 18.9 Å². The molecule has 2 N–H and O–H groups in total. The number of thiazole rings is 1. The van der Waals surface area contributed by atoms with Gasteiger partial charge in [0.15, 0.2) is 5.69 Å². The highest BCUT2D eigenvalue weighted by atomic mass is 32.1. The lowest BCUT2D eigenvalue weighted by molar-refractivity contribution is 0.0692. The average Bonchev–Trinajstić information content (AvgIpc) is 2.69. The number of hydrogen-bond acceptors (Lipinski definition) is 5. The zero-order chi connectivity index (χ0) is 11.5. The quantitative estimate of drug-likeness (QED) is 0.836. The Morgan fingerprint density at radius 3 is 2.94 bits per heavy atom. The number of carbonyl (C=O) groups is 1. The number of carboxylic acid groups (broad SMARTS) is 1. The molecule has 6 heteroatoms. The summed E-state index contributed by atoms with van der Waals surface area (Å²) in [7, 11) is 2.10. The molecule has 0 radical (unpaired) electrons. The Balaban J connectivity index is 1.98. The Morgan fingerprint density at radius 2 is 2.31 bits per heavy atom. The predicted octanol–water partition coefficient (Wildman–Crippen LogP) is 1.35. The van der Waals surface area contributed by atoms with Crippen molar-refractivity contribution in [2.24, 2.45) is 0 Å². The van der Waals surface area contributed by atoms with Gasteiger partial charge >= 0.3 is 5.97 Å². The highest BCUT2D eigenvalue weighted by Gasteiger charge is 2.20. The van der Waals surface area contributed by atoms with Crippen LogP contribution < -0.4 is 5.32 Å². The van der Waals surface area contributed by atoms with E-state index in [0.717, 1.165) is 25.9 Å². The Kier molecular flexibility index (Phi) is 3.40. The first-order chi connectivity index (χ1) is 7.66. The summed E-state index contributed by atoms with van der Waals surface area (Å²) in [5.74, 6) is -0.961. The van der Waals surface area contributed by atoms with E-state index in [2.05, 4.69) is 22.2 Å². The molecule has 0 bridgehead atoms. The van der Waals surface area contributed by atoms with Gasteiger partial charge in [-0.2, -0.15) is 0 Å². The second-order valence-corrected chi connectivity index (χ2v) is 4.91. The van der Waals surface area contributed by atoms with Crippen LogP contribution in [-0.4, -0.2) is 47.1 Å². The molecule has 1 aliphatic heterocycles. The second kappa shape index (κ2) is 4.80. The van der Waals surface area contributed by atoms with Crippen molar-refractivity contribution in [2.75, 3.05) is 25.5 Å². The van der Waals surface area contributed by atoms with Gasteiger partial charge < -0.3 is 15.3 Å². The van der Waals surface area contributed by atoms with Gasteiger partial charge in [-0.3, -0.25) is 0 Å². The molecule has 88 valence electrons. The predicted molar refractivity (Wildman–Crippen MR) is 63.2 cm³/mol. The summed E-state index contributed by atoms with van der Waals surface area (Å²) in [6.45, 7) is 2.11. The van der Waals surface area contributed by atoms with Gasteiger partial charge in [0.2, 0.25) is 0 Å². The van der Waals surface area contributed by atoms with Crippen LogP contribution in [0.4, 0.5) is 5.00 Å². The van der Waals surface area contributed by atoms with E-state index in [1.807, 2.05) is 0 Å². The Morgan fingerprint density at radius 1 is 1.62 bits per heavy atom. The summed E-state index contributed by atoms with van der Waals surface area (Å²) in [6.07, 6.45) is 2.10. The number of anilines is 1. The lowest BCUT2D eigenvalue weighted by Gasteiger charge is -2.29. The van der Waals surface area contributed by atoms with Gasteiger partial charge in [0.25, 0.3) is 0 Å². The smallest absolute Gasteiger partial charge is 0.357 e. The molecule has 16 heavy (non-hydrogen) atoms. The Labute approximate surface area is 98.1 Å². The molecule has 0 spiro atoms. The lowest BCUT2D eigenvalue weighted by atomic mass is 10.1. The molecule has 5 nitrogen and oxygen atoms in total. The summed E-state index contributed by atoms with van der Waals surface area (Å²) in [5.41, 5.74) is 1.71. The number of aromatic nitrogens is 1. The van der Waals surface area contributed by atoms with Crippen molar-refractivity contribution >= 4 is 22.3 Å². The lowest BCUT2D eigenvalue weighted by Crippen LogP contribution is -2.36. The maximum atomic E-state index is 10.9. The number of nitrogens with one attached hydrogen (secondary N) is 1. The molecular weight excluding hydrogens is 226 g/mol. The summed E-state index contributed by atoms with van der Waals surface area (Å²) < 4.78 is 0. The van der Waals surface area contributed by atoms with Crippen molar-refractivity contribution in [3.8, 4) is 0 Å². The molecule has 2 heterocycles. The average molecular weight is 241 g/mol. The molecule has 0 aromatic carbocycles. The third-order valence-electron chi connectivity index (χ3n) is 2.82. The van der Waals surface area contributed by atoms with Gasteiger partial charge in [-0.1, -0.05) is 0 Å². The second-order valence-electron chi connectivity index (χ2n) is 4.06. The van der Waals surface area contributed by atoms with Crippen LogP contribution in [0.5, 0.6) is 0 Å². The molecule has 1 aliphatic rings. The Bertz CT molecular complexity index is 372. The largest absolute Gasteiger partial charge is 0.476 e.